The van der Waals surface area contributed by atoms with Gasteiger partial charge in [0, 0.05) is 42.3 Å². The zero-order valence-corrected chi connectivity index (χ0v) is 18.7. The summed E-state index contributed by atoms with van der Waals surface area (Å²) >= 11 is 1.39. The van der Waals surface area contributed by atoms with Gasteiger partial charge in [0.25, 0.3) is 0 Å². The largest absolute Gasteiger partial charge is 0.497 e. The van der Waals surface area contributed by atoms with Crippen LogP contribution in [0.15, 0.2) is 45.6 Å². The van der Waals surface area contributed by atoms with Gasteiger partial charge in [0.1, 0.15) is 18.0 Å². The SMILES string of the molecule is CCSNc1cccc(Cc2c(CN(C)CCF)c3ccc(OC)cc3oc2=O)c1F. The van der Waals surface area contributed by atoms with Crippen LogP contribution in [-0.2, 0) is 13.0 Å². The molecular formula is C23H26F2N2O3S. The van der Waals surface area contributed by atoms with Crippen LogP contribution in [0.2, 0.25) is 0 Å². The molecule has 0 bridgehead atoms. The first-order valence-electron chi connectivity index (χ1n) is 10.0. The normalized spacial score (nSPS) is 11.3. The van der Waals surface area contributed by atoms with Crippen molar-refractivity contribution >= 4 is 28.6 Å². The fraction of sp³-hybridized carbons (Fsp3) is 0.348. The second-order valence-corrected chi connectivity index (χ2v) is 8.20. The van der Waals surface area contributed by atoms with Crippen molar-refractivity contribution in [1.29, 1.82) is 0 Å². The topological polar surface area (TPSA) is 54.7 Å². The van der Waals surface area contributed by atoms with E-state index in [1.165, 1.54) is 19.1 Å². The number of fused-ring (bicyclic) bond motifs is 1. The number of rotatable bonds is 10. The smallest absolute Gasteiger partial charge is 0.340 e. The number of ether oxygens (including phenoxy) is 1. The van der Waals surface area contributed by atoms with Gasteiger partial charge in [-0.2, -0.15) is 0 Å². The highest BCUT2D eigenvalue weighted by Gasteiger charge is 2.19. The van der Waals surface area contributed by atoms with E-state index in [0.29, 0.717) is 40.3 Å². The molecule has 0 aliphatic rings. The van der Waals surface area contributed by atoms with Gasteiger partial charge >= 0.3 is 5.63 Å². The summed E-state index contributed by atoms with van der Waals surface area (Å²) in [5.74, 6) is 0.942. The Bertz CT molecular complexity index is 1100. The van der Waals surface area contributed by atoms with Crippen molar-refractivity contribution < 1.29 is 17.9 Å². The zero-order valence-electron chi connectivity index (χ0n) is 17.8. The highest BCUT2D eigenvalue weighted by atomic mass is 32.2. The van der Waals surface area contributed by atoms with Crippen molar-refractivity contribution in [1.82, 2.24) is 4.90 Å². The Morgan fingerprint density at radius 3 is 2.74 bits per heavy atom. The van der Waals surface area contributed by atoms with E-state index in [9.17, 15) is 9.18 Å². The van der Waals surface area contributed by atoms with Crippen LogP contribution >= 0.6 is 11.9 Å². The van der Waals surface area contributed by atoms with Gasteiger partial charge in [-0.3, -0.25) is 4.90 Å². The number of nitrogens with zero attached hydrogens (tertiary/aromatic N) is 1. The molecule has 0 fully saturated rings. The number of alkyl halides is 1. The molecule has 3 aromatic rings. The lowest BCUT2D eigenvalue weighted by molar-refractivity contribution is 0.288. The van der Waals surface area contributed by atoms with Crippen molar-refractivity contribution in [2.45, 2.75) is 19.9 Å². The Balaban J connectivity index is 2.11. The summed E-state index contributed by atoms with van der Waals surface area (Å²) in [4.78, 5) is 14.7. The van der Waals surface area contributed by atoms with Crippen LogP contribution in [0.25, 0.3) is 11.0 Å². The van der Waals surface area contributed by atoms with Gasteiger partial charge in [0.05, 0.1) is 12.8 Å². The molecule has 5 nitrogen and oxygen atoms in total. The molecule has 2 aromatic carbocycles. The minimum absolute atomic E-state index is 0.0707. The fourth-order valence-corrected chi connectivity index (χ4v) is 3.86. The molecule has 0 aliphatic heterocycles. The summed E-state index contributed by atoms with van der Waals surface area (Å²) in [6.45, 7) is 2.02. The van der Waals surface area contributed by atoms with Gasteiger partial charge in [-0.1, -0.05) is 31.0 Å². The summed E-state index contributed by atoms with van der Waals surface area (Å²) in [6.07, 6.45) is 0.0707. The molecular weight excluding hydrogens is 422 g/mol. The van der Waals surface area contributed by atoms with E-state index in [1.807, 2.05) is 13.0 Å². The summed E-state index contributed by atoms with van der Waals surface area (Å²) in [7, 11) is 3.31. The van der Waals surface area contributed by atoms with Gasteiger partial charge in [-0.15, -0.1) is 0 Å². The molecule has 0 saturated carbocycles. The van der Waals surface area contributed by atoms with Crippen LogP contribution in [0.3, 0.4) is 0 Å². The number of methoxy groups -OCH3 is 1. The summed E-state index contributed by atoms with van der Waals surface area (Å²) < 4.78 is 41.7. The maximum atomic E-state index is 15.1. The van der Waals surface area contributed by atoms with Gasteiger partial charge in [-0.25, -0.2) is 13.6 Å². The Kier molecular flexibility index (Phi) is 7.92. The van der Waals surface area contributed by atoms with Crippen LogP contribution in [0, 0.1) is 5.82 Å². The third-order valence-corrected chi connectivity index (χ3v) is 5.65. The molecule has 0 spiro atoms. The maximum Gasteiger partial charge on any atom is 0.340 e. The first kappa shape index (κ1) is 23.1. The highest BCUT2D eigenvalue weighted by molar-refractivity contribution is 8.00. The average Bonchev–Trinajstić information content (AvgIpc) is 2.76. The molecule has 1 aromatic heterocycles. The van der Waals surface area contributed by atoms with Crippen LogP contribution in [0.1, 0.15) is 23.6 Å². The van der Waals surface area contributed by atoms with E-state index in [-0.39, 0.29) is 13.0 Å². The molecule has 0 saturated heterocycles. The number of hydrogen-bond acceptors (Lipinski definition) is 6. The van der Waals surface area contributed by atoms with Gasteiger partial charge in [0.2, 0.25) is 0 Å². The molecule has 0 atom stereocenters. The third kappa shape index (κ3) is 5.37. The van der Waals surface area contributed by atoms with E-state index in [4.69, 9.17) is 9.15 Å². The minimum atomic E-state index is -0.537. The lowest BCUT2D eigenvalue weighted by Crippen LogP contribution is -2.24. The minimum Gasteiger partial charge on any atom is -0.497 e. The molecule has 0 radical (unpaired) electrons. The second kappa shape index (κ2) is 10.6. The van der Waals surface area contributed by atoms with Crippen molar-refractivity contribution in [2.24, 2.45) is 0 Å². The second-order valence-electron chi connectivity index (χ2n) is 7.13. The predicted octanol–water partition coefficient (Wildman–Crippen LogP) is 5.01. The Morgan fingerprint density at radius 2 is 2.03 bits per heavy atom. The number of halogens is 2. The van der Waals surface area contributed by atoms with E-state index >= 15 is 4.39 Å². The van der Waals surface area contributed by atoms with E-state index < -0.39 is 18.1 Å². The fourth-order valence-electron chi connectivity index (χ4n) is 3.40. The molecule has 1 heterocycles. The molecule has 166 valence electrons. The van der Waals surface area contributed by atoms with Crippen molar-refractivity contribution in [2.75, 3.05) is 37.9 Å². The van der Waals surface area contributed by atoms with Gasteiger partial charge in [-0.05, 0) is 36.4 Å². The molecule has 0 aliphatic carbocycles. The highest BCUT2D eigenvalue weighted by Crippen LogP contribution is 2.28. The number of benzene rings is 2. The first-order valence-corrected chi connectivity index (χ1v) is 11.0. The van der Waals surface area contributed by atoms with E-state index in [2.05, 4.69) is 4.72 Å². The molecule has 8 heteroatoms. The predicted molar refractivity (Wildman–Crippen MR) is 122 cm³/mol. The molecule has 0 unspecified atom stereocenters. The summed E-state index contributed by atoms with van der Waals surface area (Å²) in [6, 6.07) is 10.3. The van der Waals surface area contributed by atoms with E-state index in [0.717, 1.165) is 11.1 Å². The molecule has 0 amide bonds. The van der Waals surface area contributed by atoms with Gasteiger partial charge in [0.15, 0.2) is 5.82 Å². The quantitative estimate of drug-likeness (QED) is 0.348. The Labute approximate surface area is 184 Å². The monoisotopic (exact) mass is 448 g/mol. The standard InChI is InChI=1S/C23H26F2N2O3S/c1-4-31-26-20-7-5-6-15(22(20)25)12-18-19(14-27(2)11-10-24)17-9-8-16(29-3)13-21(17)30-23(18)28/h5-9,13,26H,4,10-12,14H2,1-3H3. The van der Waals surface area contributed by atoms with Crippen LogP contribution in [0.5, 0.6) is 5.75 Å². The van der Waals surface area contributed by atoms with E-state index in [1.54, 1.807) is 42.3 Å². The number of hydrogen-bond donors (Lipinski definition) is 1. The molecule has 1 N–H and O–H groups in total. The Hall–Kier alpha value is -2.58. The average molecular weight is 449 g/mol. The Morgan fingerprint density at radius 1 is 1.23 bits per heavy atom. The lowest BCUT2D eigenvalue weighted by Gasteiger charge is -2.19. The van der Waals surface area contributed by atoms with Crippen LogP contribution < -0.4 is 15.1 Å². The number of anilines is 1. The maximum absolute atomic E-state index is 15.1. The van der Waals surface area contributed by atoms with Crippen molar-refractivity contribution in [3.8, 4) is 5.75 Å². The molecule has 3 rings (SSSR count). The van der Waals surface area contributed by atoms with Crippen LogP contribution in [-0.4, -0.2) is 38.0 Å². The van der Waals surface area contributed by atoms with Gasteiger partial charge < -0.3 is 13.9 Å². The third-order valence-electron chi connectivity index (χ3n) is 4.99. The molecule has 31 heavy (non-hydrogen) atoms. The lowest BCUT2D eigenvalue weighted by atomic mass is 9.97. The zero-order chi connectivity index (χ0) is 22.4. The first-order chi connectivity index (χ1) is 15.0. The summed E-state index contributed by atoms with van der Waals surface area (Å²) in [5.41, 5.74) is 1.66. The van der Waals surface area contributed by atoms with Crippen LogP contribution in [0.4, 0.5) is 14.5 Å². The summed E-state index contributed by atoms with van der Waals surface area (Å²) in [5, 5.41) is 0.720. The van der Waals surface area contributed by atoms with Crippen molar-refractivity contribution in [3.05, 3.63) is 69.3 Å². The number of nitrogens with one attached hydrogen (secondary N) is 1. The van der Waals surface area contributed by atoms with Crippen molar-refractivity contribution in [3.63, 3.8) is 0 Å².